The number of nitrogens with one attached hydrogen (secondary N) is 1. The lowest BCUT2D eigenvalue weighted by Crippen LogP contribution is -2.39. The molecule has 2 rings (SSSR count). The van der Waals surface area contributed by atoms with Gasteiger partial charge in [0.25, 0.3) is 0 Å². The number of rotatable bonds is 5. The summed E-state index contributed by atoms with van der Waals surface area (Å²) in [4.78, 5) is 24.3. The van der Waals surface area contributed by atoms with Crippen LogP contribution >= 0.6 is 0 Å². The number of alkyl halides is 1. The van der Waals surface area contributed by atoms with E-state index in [9.17, 15) is 14.0 Å². The smallest absolute Gasteiger partial charge is 0.410 e. The molecule has 0 bridgehead atoms. The van der Waals surface area contributed by atoms with E-state index in [2.05, 4.69) is 5.32 Å². The van der Waals surface area contributed by atoms with Crippen LogP contribution < -0.4 is 5.32 Å². The highest BCUT2D eigenvalue weighted by atomic mass is 19.1. The topological polar surface area (TPSA) is 67.9 Å². The molecule has 23 heavy (non-hydrogen) atoms. The van der Waals surface area contributed by atoms with Gasteiger partial charge in [-0.1, -0.05) is 12.1 Å². The SMILES string of the molecule is CNc1ccc(COC(=O)N2C[C@@H](F)C[C@H]2COC(C)=O)cc1. The Balaban J connectivity index is 1.88. The highest BCUT2D eigenvalue weighted by Crippen LogP contribution is 2.22. The van der Waals surface area contributed by atoms with E-state index in [1.54, 1.807) is 0 Å². The summed E-state index contributed by atoms with van der Waals surface area (Å²) < 4.78 is 23.7. The van der Waals surface area contributed by atoms with Crippen LogP contribution in [0.25, 0.3) is 0 Å². The van der Waals surface area contributed by atoms with Crippen molar-refractivity contribution in [3.63, 3.8) is 0 Å². The first-order valence-electron chi connectivity index (χ1n) is 7.47. The number of likely N-dealkylation sites (tertiary alicyclic amines) is 1. The van der Waals surface area contributed by atoms with Crippen LogP contribution in [0.15, 0.2) is 24.3 Å². The molecular formula is C16H21FN2O4. The minimum atomic E-state index is -1.13. The number of hydrogen-bond acceptors (Lipinski definition) is 5. The largest absolute Gasteiger partial charge is 0.464 e. The van der Waals surface area contributed by atoms with Gasteiger partial charge in [-0.2, -0.15) is 0 Å². The summed E-state index contributed by atoms with van der Waals surface area (Å²) in [6.07, 6.45) is -1.57. The average molecular weight is 324 g/mol. The van der Waals surface area contributed by atoms with E-state index in [1.165, 1.54) is 11.8 Å². The van der Waals surface area contributed by atoms with Crippen molar-refractivity contribution in [2.75, 3.05) is 25.5 Å². The molecule has 0 radical (unpaired) electrons. The van der Waals surface area contributed by atoms with E-state index in [1.807, 2.05) is 31.3 Å². The molecule has 1 aliphatic rings. The molecule has 1 saturated heterocycles. The number of carbonyl (C=O) groups excluding carboxylic acids is 2. The monoisotopic (exact) mass is 324 g/mol. The fraction of sp³-hybridized carbons (Fsp3) is 0.500. The maximum atomic E-state index is 13.6. The zero-order valence-corrected chi connectivity index (χ0v) is 13.3. The van der Waals surface area contributed by atoms with Crippen molar-refractivity contribution in [1.29, 1.82) is 0 Å². The predicted molar refractivity (Wildman–Crippen MR) is 82.8 cm³/mol. The summed E-state index contributed by atoms with van der Waals surface area (Å²) in [5, 5.41) is 3.00. The number of nitrogens with zero attached hydrogens (tertiary/aromatic N) is 1. The molecule has 0 saturated carbocycles. The lowest BCUT2D eigenvalue weighted by molar-refractivity contribution is -0.142. The number of carbonyl (C=O) groups is 2. The van der Waals surface area contributed by atoms with E-state index >= 15 is 0 Å². The molecule has 1 aromatic carbocycles. The third kappa shape index (κ3) is 4.84. The molecule has 1 N–H and O–H groups in total. The Morgan fingerprint density at radius 3 is 2.61 bits per heavy atom. The summed E-state index contributed by atoms with van der Waals surface area (Å²) in [7, 11) is 1.82. The number of ether oxygens (including phenoxy) is 2. The number of halogens is 1. The van der Waals surface area contributed by atoms with Gasteiger partial charge in [0.15, 0.2) is 0 Å². The third-order valence-electron chi connectivity index (χ3n) is 3.68. The molecular weight excluding hydrogens is 303 g/mol. The van der Waals surface area contributed by atoms with Crippen LogP contribution in [0.1, 0.15) is 18.9 Å². The van der Waals surface area contributed by atoms with Gasteiger partial charge in [0.05, 0.1) is 12.6 Å². The molecule has 6 nitrogen and oxygen atoms in total. The average Bonchev–Trinajstić information content (AvgIpc) is 2.92. The van der Waals surface area contributed by atoms with Crippen LogP contribution in [0.2, 0.25) is 0 Å². The summed E-state index contributed by atoms with van der Waals surface area (Å²) in [5.41, 5.74) is 1.80. The van der Waals surface area contributed by atoms with E-state index < -0.39 is 24.3 Å². The van der Waals surface area contributed by atoms with Crippen LogP contribution in [0.4, 0.5) is 14.9 Å². The molecule has 7 heteroatoms. The molecule has 0 aromatic heterocycles. The Morgan fingerprint density at radius 1 is 1.30 bits per heavy atom. The molecule has 2 atom stereocenters. The highest BCUT2D eigenvalue weighted by molar-refractivity contribution is 5.69. The molecule has 0 unspecified atom stereocenters. The number of anilines is 1. The van der Waals surface area contributed by atoms with Crippen molar-refractivity contribution >= 4 is 17.7 Å². The zero-order valence-electron chi connectivity index (χ0n) is 13.3. The molecule has 1 amide bonds. The van der Waals surface area contributed by atoms with Crippen molar-refractivity contribution in [3.05, 3.63) is 29.8 Å². The Labute approximate surface area is 134 Å². The summed E-state index contributed by atoms with van der Waals surface area (Å²) >= 11 is 0. The van der Waals surface area contributed by atoms with Gasteiger partial charge in [-0.05, 0) is 17.7 Å². The van der Waals surface area contributed by atoms with E-state index in [-0.39, 0.29) is 26.2 Å². The third-order valence-corrected chi connectivity index (χ3v) is 3.68. The van der Waals surface area contributed by atoms with Gasteiger partial charge >= 0.3 is 12.1 Å². The minimum absolute atomic E-state index is 0.0122. The Morgan fingerprint density at radius 2 is 2.00 bits per heavy atom. The van der Waals surface area contributed by atoms with Gasteiger partial charge < -0.3 is 14.8 Å². The second-order valence-electron chi connectivity index (χ2n) is 5.44. The first-order chi connectivity index (χ1) is 11.0. The van der Waals surface area contributed by atoms with Gasteiger partial charge in [-0.15, -0.1) is 0 Å². The quantitative estimate of drug-likeness (QED) is 0.842. The van der Waals surface area contributed by atoms with E-state index in [4.69, 9.17) is 9.47 Å². The minimum Gasteiger partial charge on any atom is -0.464 e. The highest BCUT2D eigenvalue weighted by Gasteiger charge is 2.37. The van der Waals surface area contributed by atoms with E-state index in [0.717, 1.165) is 11.3 Å². The summed E-state index contributed by atoms with van der Waals surface area (Å²) in [6, 6.07) is 6.96. The number of esters is 1. The Kier molecular flexibility index (Phi) is 5.78. The van der Waals surface area contributed by atoms with Gasteiger partial charge in [-0.25, -0.2) is 9.18 Å². The van der Waals surface area contributed by atoms with Gasteiger partial charge in [0, 0.05) is 26.1 Å². The fourth-order valence-corrected chi connectivity index (χ4v) is 2.45. The molecule has 0 spiro atoms. The first-order valence-corrected chi connectivity index (χ1v) is 7.47. The van der Waals surface area contributed by atoms with Crippen molar-refractivity contribution in [1.82, 2.24) is 4.90 Å². The standard InChI is InChI=1S/C16H21FN2O4/c1-11(20)22-10-15-7-13(17)8-19(15)16(21)23-9-12-3-5-14(18-2)6-4-12/h3-6,13,15,18H,7-10H2,1-2H3/t13-,15-/m0/s1. The summed E-state index contributed by atoms with van der Waals surface area (Å²) in [6.45, 7) is 1.33. The second kappa shape index (κ2) is 7.80. The maximum absolute atomic E-state index is 13.6. The van der Waals surface area contributed by atoms with Crippen molar-refractivity contribution in [3.8, 4) is 0 Å². The predicted octanol–water partition coefficient (Wildman–Crippen LogP) is 2.34. The maximum Gasteiger partial charge on any atom is 0.410 e. The first kappa shape index (κ1) is 17.1. The Hall–Kier alpha value is -2.31. The normalized spacial score (nSPS) is 20.2. The van der Waals surface area contributed by atoms with Crippen LogP contribution in [0.5, 0.6) is 0 Å². The molecule has 1 fully saturated rings. The lowest BCUT2D eigenvalue weighted by atomic mass is 10.2. The molecule has 126 valence electrons. The fourth-order valence-electron chi connectivity index (χ4n) is 2.45. The number of benzene rings is 1. The Bertz CT molecular complexity index is 550. The van der Waals surface area contributed by atoms with Crippen molar-refractivity contribution in [2.45, 2.75) is 32.2 Å². The number of amides is 1. The van der Waals surface area contributed by atoms with Crippen LogP contribution in [0.3, 0.4) is 0 Å². The lowest BCUT2D eigenvalue weighted by Gasteiger charge is -2.23. The molecule has 0 aliphatic carbocycles. The zero-order chi connectivity index (χ0) is 16.8. The number of hydrogen-bond donors (Lipinski definition) is 1. The van der Waals surface area contributed by atoms with Crippen LogP contribution in [-0.4, -0.2) is 49.4 Å². The molecule has 1 aliphatic heterocycles. The molecule has 1 aromatic rings. The van der Waals surface area contributed by atoms with Crippen LogP contribution in [0, 0.1) is 0 Å². The second-order valence-corrected chi connectivity index (χ2v) is 5.44. The van der Waals surface area contributed by atoms with Gasteiger partial charge in [0.1, 0.15) is 19.4 Å². The summed E-state index contributed by atoms with van der Waals surface area (Å²) in [5.74, 6) is -0.453. The van der Waals surface area contributed by atoms with Crippen molar-refractivity contribution < 1.29 is 23.5 Å². The molecule has 1 heterocycles. The van der Waals surface area contributed by atoms with Gasteiger partial charge in [-0.3, -0.25) is 9.69 Å². The van der Waals surface area contributed by atoms with E-state index in [0.29, 0.717) is 0 Å². The van der Waals surface area contributed by atoms with Gasteiger partial charge in [0.2, 0.25) is 0 Å². The van der Waals surface area contributed by atoms with Crippen LogP contribution in [-0.2, 0) is 20.9 Å². The van der Waals surface area contributed by atoms with Crippen molar-refractivity contribution in [2.24, 2.45) is 0 Å².